The minimum atomic E-state index is -2.95. The van der Waals surface area contributed by atoms with Crippen molar-refractivity contribution in [1.82, 2.24) is 4.31 Å². The van der Waals surface area contributed by atoms with Gasteiger partial charge in [0.1, 0.15) is 0 Å². The van der Waals surface area contributed by atoms with Gasteiger partial charge in [-0.2, -0.15) is 0 Å². The van der Waals surface area contributed by atoms with Gasteiger partial charge in [-0.15, -0.1) is 0 Å². The van der Waals surface area contributed by atoms with Gasteiger partial charge in [0.15, 0.2) is 0 Å². The van der Waals surface area contributed by atoms with Gasteiger partial charge < -0.3 is 5.73 Å². The van der Waals surface area contributed by atoms with Crippen molar-refractivity contribution in [2.45, 2.75) is 12.8 Å². The summed E-state index contributed by atoms with van der Waals surface area (Å²) in [6.07, 6.45) is 3.85. The Kier molecular flexibility index (Phi) is 2.57. The molecule has 0 amide bonds. The van der Waals surface area contributed by atoms with Crippen LogP contribution in [0.2, 0.25) is 0 Å². The smallest absolute Gasteiger partial charge is 0.211 e. The molecule has 0 bridgehead atoms. The van der Waals surface area contributed by atoms with Crippen LogP contribution in [-0.2, 0) is 10.0 Å². The van der Waals surface area contributed by atoms with E-state index in [1.807, 2.05) is 0 Å². The number of nitrogens with two attached hydrogens (primary N) is 1. The van der Waals surface area contributed by atoms with E-state index in [0.717, 1.165) is 5.92 Å². The molecule has 2 aliphatic rings. The van der Waals surface area contributed by atoms with Crippen LogP contribution < -0.4 is 5.73 Å². The van der Waals surface area contributed by atoms with Crippen LogP contribution in [0.4, 0.5) is 0 Å². The highest BCUT2D eigenvalue weighted by atomic mass is 32.2. The van der Waals surface area contributed by atoms with E-state index in [4.69, 9.17) is 5.73 Å². The van der Waals surface area contributed by atoms with E-state index in [1.165, 1.54) is 19.1 Å². The first-order chi connectivity index (χ1) is 6.52. The Morgan fingerprint density at radius 1 is 1.36 bits per heavy atom. The Hall–Kier alpha value is -0.130. The molecule has 0 aromatic heterocycles. The Morgan fingerprint density at radius 2 is 1.93 bits per heavy atom. The molecule has 2 fully saturated rings. The van der Waals surface area contributed by atoms with Crippen LogP contribution in [0.1, 0.15) is 12.8 Å². The summed E-state index contributed by atoms with van der Waals surface area (Å²) in [6, 6.07) is 0. The fourth-order valence-electron chi connectivity index (χ4n) is 2.31. The SMILES string of the molecule is CS(=O)(=O)N1CC(C(CN)C2CC2)C1. The van der Waals surface area contributed by atoms with Gasteiger partial charge in [0.05, 0.1) is 6.26 Å². The van der Waals surface area contributed by atoms with Crippen molar-refractivity contribution in [2.24, 2.45) is 23.5 Å². The van der Waals surface area contributed by atoms with Crippen molar-refractivity contribution in [3.63, 3.8) is 0 Å². The molecule has 2 rings (SSSR count). The monoisotopic (exact) mass is 218 g/mol. The quantitative estimate of drug-likeness (QED) is 0.714. The minimum absolute atomic E-state index is 0.516. The first-order valence-electron chi connectivity index (χ1n) is 5.17. The molecule has 1 heterocycles. The molecule has 14 heavy (non-hydrogen) atoms. The fourth-order valence-corrected chi connectivity index (χ4v) is 3.23. The molecule has 82 valence electrons. The molecule has 0 spiro atoms. The molecule has 1 aliphatic heterocycles. The zero-order chi connectivity index (χ0) is 10.3. The van der Waals surface area contributed by atoms with Crippen LogP contribution >= 0.6 is 0 Å². The maximum Gasteiger partial charge on any atom is 0.211 e. The zero-order valence-electron chi connectivity index (χ0n) is 8.52. The molecule has 4 nitrogen and oxygen atoms in total. The minimum Gasteiger partial charge on any atom is -0.330 e. The van der Waals surface area contributed by atoms with Gasteiger partial charge in [0, 0.05) is 13.1 Å². The third-order valence-electron chi connectivity index (χ3n) is 3.45. The Morgan fingerprint density at radius 3 is 2.29 bits per heavy atom. The highest BCUT2D eigenvalue weighted by molar-refractivity contribution is 7.88. The summed E-state index contributed by atoms with van der Waals surface area (Å²) in [6.45, 7) is 2.10. The summed E-state index contributed by atoms with van der Waals surface area (Å²) in [4.78, 5) is 0. The maximum atomic E-state index is 11.2. The maximum absolute atomic E-state index is 11.2. The lowest BCUT2D eigenvalue weighted by atomic mass is 9.84. The Bertz CT molecular complexity index is 305. The molecule has 1 saturated carbocycles. The second-order valence-electron chi connectivity index (χ2n) is 4.58. The zero-order valence-corrected chi connectivity index (χ0v) is 9.33. The van der Waals surface area contributed by atoms with Crippen LogP contribution in [-0.4, -0.2) is 38.6 Å². The predicted octanol–water partition coefficient (Wildman–Crippen LogP) is -0.137. The lowest BCUT2D eigenvalue weighted by molar-refractivity contribution is 0.126. The third kappa shape index (κ3) is 1.94. The number of hydrogen-bond acceptors (Lipinski definition) is 3. The van der Waals surface area contributed by atoms with Gasteiger partial charge in [-0.25, -0.2) is 12.7 Å². The topological polar surface area (TPSA) is 63.4 Å². The van der Waals surface area contributed by atoms with Crippen LogP contribution in [0, 0.1) is 17.8 Å². The van der Waals surface area contributed by atoms with Gasteiger partial charge in [0.25, 0.3) is 0 Å². The average Bonchev–Trinajstić information content (AvgIpc) is 2.74. The number of nitrogens with zero attached hydrogens (tertiary/aromatic N) is 1. The summed E-state index contributed by atoms with van der Waals surface area (Å²) in [5, 5.41) is 0. The van der Waals surface area contributed by atoms with E-state index in [0.29, 0.717) is 31.5 Å². The first kappa shape index (κ1) is 10.4. The van der Waals surface area contributed by atoms with E-state index in [1.54, 1.807) is 4.31 Å². The molecule has 0 aromatic rings. The van der Waals surface area contributed by atoms with Crippen molar-refractivity contribution < 1.29 is 8.42 Å². The van der Waals surface area contributed by atoms with E-state index in [-0.39, 0.29) is 0 Å². The average molecular weight is 218 g/mol. The van der Waals surface area contributed by atoms with Crippen molar-refractivity contribution >= 4 is 10.0 Å². The van der Waals surface area contributed by atoms with Gasteiger partial charge in [-0.1, -0.05) is 0 Å². The molecule has 1 unspecified atom stereocenters. The van der Waals surface area contributed by atoms with Gasteiger partial charge >= 0.3 is 0 Å². The molecule has 1 atom stereocenters. The number of rotatable bonds is 4. The lowest BCUT2D eigenvalue weighted by Crippen LogP contribution is -2.53. The standard InChI is InChI=1S/C9H18N2O2S/c1-14(12,13)11-5-8(6-11)9(4-10)7-2-3-7/h7-9H,2-6,10H2,1H3. The van der Waals surface area contributed by atoms with E-state index in [9.17, 15) is 8.42 Å². The van der Waals surface area contributed by atoms with Crippen molar-refractivity contribution in [3.05, 3.63) is 0 Å². The van der Waals surface area contributed by atoms with E-state index in [2.05, 4.69) is 0 Å². The summed E-state index contributed by atoms with van der Waals surface area (Å²) >= 11 is 0. The molecule has 0 radical (unpaired) electrons. The molecule has 1 saturated heterocycles. The van der Waals surface area contributed by atoms with Crippen molar-refractivity contribution in [2.75, 3.05) is 25.9 Å². The first-order valence-corrected chi connectivity index (χ1v) is 7.02. The number of hydrogen-bond donors (Lipinski definition) is 1. The molecular weight excluding hydrogens is 200 g/mol. The summed E-state index contributed by atoms with van der Waals surface area (Å²) < 4.78 is 23.8. The second-order valence-corrected chi connectivity index (χ2v) is 6.56. The van der Waals surface area contributed by atoms with Gasteiger partial charge in [0.2, 0.25) is 10.0 Å². The largest absolute Gasteiger partial charge is 0.330 e. The lowest BCUT2D eigenvalue weighted by Gasteiger charge is -2.41. The fraction of sp³-hybridized carbons (Fsp3) is 1.00. The summed E-state index contributed by atoms with van der Waals surface area (Å²) in [5.41, 5.74) is 5.71. The predicted molar refractivity (Wildman–Crippen MR) is 55.2 cm³/mol. The van der Waals surface area contributed by atoms with Gasteiger partial charge in [-0.05, 0) is 37.1 Å². The summed E-state index contributed by atoms with van der Waals surface area (Å²) in [5.74, 6) is 1.86. The highest BCUT2D eigenvalue weighted by Gasteiger charge is 2.43. The number of sulfonamides is 1. The Labute approximate surface area is 85.5 Å². The third-order valence-corrected chi connectivity index (χ3v) is 4.69. The second kappa shape index (κ2) is 3.47. The molecule has 0 aromatic carbocycles. The van der Waals surface area contributed by atoms with E-state index < -0.39 is 10.0 Å². The van der Waals surface area contributed by atoms with Crippen LogP contribution in [0.25, 0.3) is 0 Å². The van der Waals surface area contributed by atoms with Crippen LogP contribution in [0.5, 0.6) is 0 Å². The normalized spacial score (nSPS) is 27.3. The van der Waals surface area contributed by atoms with Crippen LogP contribution in [0.3, 0.4) is 0 Å². The van der Waals surface area contributed by atoms with Crippen LogP contribution in [0.15, 0.2) is 0 Å². The molecular formula is C9H18N2O2S. The Balaban J connectivity index is 1.87. The summed E-state index contributed by atoms with van der Waals surface area (Å²) in [7, 11) is -2.95. The molecule has 2 N–H and O–H groups in total. The molecule has 1 aliphatic carbocycles. The van der Waals surface area contributed by atoms with E-state index >= 15 is 0 Å². The van der Waals surface area contributed by atoms with Crippen molar-refractivity contribution in [3.8, 4) is 0 Å². The van der Waals surface area contributed by atoms with Crippen molar-refractivity contribution in [1.29, 1.82) is 0 Å². The van der Waals surface area contributed by atoms with Gasteiger partial charge in [-0.3, -0.25) is 0 Å². The molecule has 5 heteroatoms. The highest BCUT2D eigenvalue weighted by Crippen LogP contribution is 2.42.